The van der Waals surface area contributed by atoms with Gasteiger partial charge >= 0.3 is 12.1 Å². The molecule has 23 heavy (non-hydrogen) atoms. The Balaban J connectivity index is 4.66. The van der Waals surface area contributed by atoms with Crippen molar-refractivity contribution < 1.29 is 24.5 Å². The number of alkyl carbamates (subject to hydrolysis) is 1. The molecule has 0 aliphatic rings. The van der Waals surface area contributed by atoms with Crippen LogP contribution in [0.25, 0.3) is 0 Å². The van der Waals surface area contributed by atoms with Crippen molar-refractivity contribution in [3.63, 3.8) is 0 Å². The van der Waals surface area contributed by atoms with Gasteiger partial charge in [0.2, 0.25) is 0 Å². The lowest BCUT2D eigenvalue weighted by atomic mass is 10.0. The fourth-order valence-electron chi connectivity index (χ4n) is 2.18. The van der Waals surface area contributed by atoms with Crippen molar-refractivity contribution >= 4 is 12.1 Å². The van der Waals surface area contributed by atoms with Crippen LogP contribution in [-0.2, 0) is 9.53 Å². The highest BCUT2D eigenvalue weighted by Crippen LogP contribution is 2.10. The Morgan fingerprint density at radius 1 is 1.22 bits per heavy atom. The van der Waals surface area contributed by atoms with Gasteiger partial charge in [0.15, 0.2) is 6.10 Å². The minimum atomic E-state index is -1.47. The van der Waals surface area contributed by atoms with Gasteiger partial charge in [-0.3, -0.25) is 0 Å². The van der Waals surface area contributed by atoms with Gasteiger partial charge in [-0.25, -0.2) is 9.59 Å². The number of carbonyl (C=O) groups is 2. The van der Waals surface area contributed by atoms with E-state index < -0.39 is 29.8 Å². The van der Waals surface area contributed by atoms with E-state index in [0.717, 1.165) is 0 Å². The first kappa shape index (κ1) is 21.7. The predicted molar refractivity (Wildman–Crippen MR) is 88.3 cm³/mol. The topological polar surface area (TPSA) is 108 Å². The van der Waals surface area contributed by atoms with Crippen LogP contribution in [-0.4, -0.2) is 52.6 Å². The maximum Gasteiger partial charge on any atom is 0.407 e. The van der Waals surface area contributed by atoms with E-state index in [9.17, 15) is 14.7 Å². The van der Waals surface area contributed by atoms with Crippen LogP contribution in [0, 0.1) is 5.92 Å². The lowest BCUT2D eigenvalue weighted by Gasteiger charge is -2.27. The largest absolute Gasteiger partial charge is 0.479 e. The van der Waals surface area contributed by atoms with E-state index in [1.165, 1.54) is 0 Å². The minimum Gasteiger partial charge on any atom is -0.479 e. The van der Waals surface area contributed by atoms with Crippen molar-refractivity contribution in [3.05, 3.63) is 0 Å². The maximum atomic E-state index is 11.9. The van der Waals surface area contributed by atoms with E-state index in [1.54, 1.807) is 27.7 Å². The minimum absolute atomic E-state index is 0.208. The molecule has 0 bridgehead atoms. The van der Waals surface area contributed by atoms with Gasteiger partial charge in [0.25, 0.3) is 0 Å². The third-order valence-electron chi connectivity index (χ3n) is 3.18. The zero-order chi connectivity index (χ0) is 18.2. The average Bonchev–Trinajstić information content (AvgIpc) is 2.35. The molecule has 0 rings (SSSR count). The Morgan fingerprint density at radius 2 is 1.78 bits per heavy atom. The number of nitrogens with one attached hydrogen (secondary N) is 2. The van der Waals surface area contributed by atoms with Gasteiger partial charge in [-0.05, 0) is 39.5 Å². The van der Waals surface area contributed by atoms with Crippen LogP contribution < -0.4 is 10.6 Å². The van der Waals surface area contributed by atoms with Gasteiger partial charge in [0.1, 0.15) is 5.60 Å². The Hall–Kier alpha value is -1.34. The molecule has 2 unspecified atom stereocenters. The standard InChI is InChI=1S/C16H32N2O5/c1-7-12(13(19)14(20)21)17-9-11(8-10(2)3)18-15(22)23-16(4,5)6/h10-13,17,19H,7-9H2,1-6H3,(H,18,22)(H,20,21)/t11-,12?,13?/m0/s1. The first-order chi connectivity index (χ1) is 10.5. The van der Waals surface area contributed by atoms with Gasteiger partial charge in [-0.1, -0.05) is 20.8 Å². The van der Waals surface area contributed by atoms with Crippen molar-refractivity contribution in [1.29, 1.82) is 0 Å². The van der Waals surface area contributed by atoms with Crippen LogP contribution in [0.2, 0.25) is 0 Å². The highest BCUT2D eigenvalue weighted by atomic mass is 16.6. The Bertz CT molecular complexity index is 379. The van der Waals surface area contributed by atoms with E-state index in [1.807, 2.05) is 13.8 Å². The summed E-state index contributed by atoms with van der Waals surface area (Å²) in [7, 11) is 0. The fourth-order valence-corrected chi connectivity index (χ4v) is 2.18. The summed E-state index contributed by atoms with van der Waals surface area (Å²) in [5, 5.41) is 24.4. The molecule has 0 aromatic rings. The van der Waals surface area contributed by atoms with E-state index in [4.69, 9.17) is 9.84 Å². The van der Waals surface area contributed by atoms with Crippen molar-refractivity contribution in [2.45, 2.75) is 78.2 Å². The lowest BCUT2D eigenvalue weighted by molar-refractivity contribution is -0.148. The number of hydrogen-bond acceptors (Lipinski definition) is 5. The Morgan fingerprint density at radius 3 is 2.17 bits per heavy atom. The quantitative estimate of drug-likeness (QED) is 0.512. The second-order valence-electron chi connectivity index (χ2n) is 7.18. The Kier molecular flexibility index (Phi) is 9.16. The molecule has 0 aliphatic heterocycles. The van der Waals surface area contributed by atoms with Crippen LogP contribution in [0.15, 0.2) is 0 Å². The van der Waals surface area contributed by atoms with E-state index in [0.29, 0.717) is 25.3 Å². The molecule has 1 amide bonds. The van der Waals surface area contributed by atoms with Crippen LogP contribution in [0.5, 0.6) is 0 Å². The van der Waals surface area contributed by atoms with E-state index >= 15 is 0 Å². The van der Waals surface area contributed by atoms with Gasteiger partial charge in [-0.2, -0.15) is 0 Å². The molecule has 0 heterocycles. The zero-order valence-corrected chi connectivity index (χ0v) is 15.0. The number of hydrogen-bond donors (Lipinski definition) is 4. The fraction of sp³-hybridized carbons (Fsp3) is 0.875. The highest BCUT2D eigenvalue weighted by Gasteiger charge is 2.26. The van der Waals surface area contributed by atoms with E-state index in [2.05, 4.69) is 10.6 Å². The van der Waals surface area contributed by atoms with Crippen LogP contribution in [0.1, 0.15) is 54.4 Å². The van der Waals surface area contributed by atoms with Gasteiger partial charge < -0.3 is 25.6 Å². The molecule has 0 radical (unpaired) electrons. The normalized spacial score (nSPS) is 15.8. The third-order valence-corrected chi connectivity index (χ3v) is 3.18. The molecule has 136 valence electrons. The van der Waals surface area contributed by atoms with Crippen LogP contribution in [0.4, 0.5) is 4.79 Å². The smallest absolute Gasteiger partial charge is 0.407 e. The van der Waals surface area contributed by atoms with Crippen molar-refractivity contribution in [1.82, 2.24) is 10.6 Å². The number of aliphatic carboxylic acids is 1. The Labute approximate surface area is 138 Å². The molecule has 0 aromatic heterocycles. The van der Waals surface area contributed by atoms with Crippen molar-refractivity contribution in [2.24, 2.45) is 5.92 Å². The molecule has 3 atom stereocenters. The lowest BCUT2D eigenvalue weighted by Crippen LogP contribution is -2.51. The van der Waals surface area contributed by atoms with E-state index in [-0.39, 0.29) is 6.04 Å². The molecule has 0 aliphatic carbocycles. The number of carboxylic acid groups (broad SMARTS) is 1. The maximum absolute atomic E-state index is 11.9. The molecule has 7 heteroatoms. The third kappa shape index (κ3) is 10.1. The summed E-state index contributed by atoms with van der Waals surface area (Å²) in [5.41, 5.74) is -0.578. The van der Waals surface area contributed by atoms with Gasteiger partial charge in [0, 0.05) is 18.6 Å². The molecule has 0 saturated carbocycles. The summed E-state index contributed by atoms with van der Waals surface area (Å²) >= 11 is 0. The zero-order valence-electron chi connectivity index (χ0n) is 15.0. The molecule has 7 nitrogen and oxygen atoms in total. The summed E-state index contributed by atoms with van der Waals surface area (Å²) < 4.78 is 5.25. The molecule has 0 fully saturated rings. The average molecular weight is 332 g/mol. The highest BCUT2D eigenvalue weighted by molar-refractivity contribution is 5.72. The van der Waals surface area contributed by atoms with Crippen molar-refractivity contribution in [3.8, 4) is 0 Å². The summed E-state index contributed by atoms with van der Waals surface area (Å²) in [4.78, 5) is 22.8. The van der Waals surface area contributed by atoms with Crippen molar-refractivity contribution in [2.75, 3.05) is 6.54 Å². The SMILES string of the molecule is CCC(NC[C@H](CC(C)C)NC(=O)OC(C)(C)C)C(O)C(=O)O. The monoisotopic (exact) mass is 332 g/mol. The number of rotatable bonds is 9. The number of aliphatic hydroxyl groups excluding tert-OH is 1. The van der Waals surface area contributed by atoms with Crippen LogP contribution in [0.3, 0.4) is 0 Å². The second kappa shape index (κ2) is 9.72. The first-order valence-electron chi connectivity index (χ1n) is 8.10. The van der Waals surface area contributed by atoms with Gasteiger partial charge in [-0.15, -0.1) is 0 Å². The number of aliphatic hydroxyl groups is 1. The molecule has 4 N–H and O–H groups in total. The number of ether oxygens (including phenoxy) is 1. The molecule has 0 aromatic carbocycles. The number of amides is 1. The summed E-state index contributed by atoms with van der Waals surface area (Å²) in [6, 6.07) is -0.775. The summed E-state index contributed by atoms with van der Waals surface area (Å²) in [6.45, 7) is 11.6. The number of carboxylic acids is 1. The summed E-state index contributed by atoms with van der Waals surface area (Å²) in [6.07, 6.45) is -0.793. The molecular weight excluding hydrogens is 300 g/mol. The van der Waals surface area contributed by atoms with Crippen LogP contribution >= 0.6 is 0 Å². The van der Waals surface area contributed by atoms with Gasteiger partial charge in [0.05, 0.1) is 0 Å². The first-order valence-corrected chi connectivity index (χ1v) is 8.10. The molecular formula is C16H32N2O5. The predicted octanol–water partition coefficient (Wildman–Crippen LogP) is 1.74. The summed E-state index contributed by atoms with van der Waals surface area (Å²) in [5.74, 6) is -0.911. The second-order valence-corrected chi connectivity index (χ2v) is 7.18. The number of carbonyl (C=O) groups excluding carboxylic acids is 1. The molecule has 0 saturated heterocycles. The molecule has 0 spiro atoms.